The smallest absolute Gasteiger partial charge is 0.121 e. The normalized spacial score (nSPS) is 11.9. The Labute approximate surface area is 91.4 Å². The average molecular weight is 203 g/mol. The molecule has 0 saturated carbocycles. The number of terminal acetylenes is 1. The van der Waals surface area contributed by atoms with Gasteiger partial charge in [-0.3, -0.25) is 0 Å². The van der Waals surface area contributed by atoms with Gasteiger partial charge < -0.3 is 10.5 Å². The summed E-state index contributed by atoms with van der Waals surface area (Å²) in [6, 6.07) is 6.01. The molecule has 0 fully saturated rings. The lowest BCUT2D eigenvalue weighted by Gasteiger charge is -2.12. The van der Waals surface area contributed by atoms with Gasteiger partial charge in [-0.2, -0.15) is 0 Å². The fourth-order valence-electron chi connectivity index (χ4n) is 1.54. The highest BCUT2D eigenvalue weighted by Crippen LogP contribution is 2.23. The van der Waals surface area contributed by atoms with Gasteiger partial charge in [0.1, 0.15) is 5.75 Å². The molecule has 0 aliphatic rings. The minimum absolute atomic E-state index is 0.0191. The molecule has 0 saturated heterocycles. The zero-order valence-electron chi connectivity index (χ0n) is 9.29. The fraction of sp³-hybridized carbons (Fsp3) is 0.385. The van der Waals surface area contributed by atoms with Crippen molar-refractivity contribution in [3.05, 3.63) is 29.3 Å². The lowest BCUT2D eigenvalue weighted by molar-refractivity contribution is 0.411. The lowest BCUT2D eigenvalue weighted by atomic mass is 10.0. The Bertz CT molecular complexity index is 365. The Morgan fingerprint density at radius 1 is 1.53 bits per heavy atom. The zero-order valence-corrected chi connectivity index (χ0v) is 9.29. The summed E-state index contributed by atoms with van der Waals surface area (Å²) in [5, 5.41) is 0. The predicted molar refractivity (Wildman–Crippen MR) is 62.7 cm³/mol. The molecular weight excluding hydrogens is 186 g/mol. The summed E-state index contributed by atoms with van der Waals surface area (Å²) >= 11 is 0. The van der Waals surface area contributed by atoms with Crippen LogP contribution >= 0.6 is 0 Å². The molecule has 2 N–H and O–H groups in total. The van der Waals surface area contributed by atoms with E-state index in [1.165, 1.54) is 0 Å². The minimum atomic E-state index is 0.0191. The molecule has 0 bridgehead atoms. The monoisotopic (exact) mass is 203 g/mol. The Hall–Kier alpha value is -1.46. The molecule has 0 aromatic heterocycles. The van der Waals surface area contributed by atoms with E-state index in [1.54, 1.807) is 7.11 Å². The summed E-state index contributed by atoms with van der Waals surface area (Å²) in [7, 11) is 1.67. The lowest BCUT2D eigenvalue weighted by Crippen LogP contribution is -2.10. The summed E-state index contributed by atoms with van der Waals surface area (Å²) in [6.45, 7) is 2.01. The highest BCUT2D eigenvalue weighted by atomic mass is 16.5. The molecule has 0 aliphatic heterocycles. The number of nitrogens with two attached hydrogens (primary N) is 1. The number of hydrogen-bond acceptors (Lipinski definition) is 2. The van der Waals surface area contributed by atoms with E-state index in [0.29, 0.717) is 6.42 Å². The first-order chi connectivity index (χ1) is 7.19. The van der Waals surface area contributed by atoms with Crippen molar-refractivity contribution >= 4 is 0 Å². The Morgan fingerprint density at radius 3 is 2.80 bits per heavy atom. The van der Waals surface area contributed by atoms with Crippen LogP contribution < -0.4 is 10.5 Å². The molecule has 1 atom stereocenters. The second-order valence-corrected chi connectivity index (χ2v) is 3.58. The molecule has 0 amide bonds. The molecule has 1 aromatic rings. The Balaban J connectivity index is 2.79. The van der Waals surface area contributed by atoms with Crippen molar-refractivity contribution in [2.75, 3.05) is 7.11 Å². The number of hydrogen-bond donors (Lipinski definition) is 1. The van der Waals surface area contributed by atoms with Gasteiger partial charge in [0, 0.05) is 12.5 Å². The van der Waals surface area contributed by atoms with E-state index in [4.69, 9.17) is 16.9 Å². The second-order valence-electron chi connectivity index (χ2n) is 3.58. The van der Waals surface area contributed by atoms with E-state index >= 15 is 0 Å². The van der Waals surface area contributed by atoms with Gasteiger partial charge in [-0.15, -0.1) is 12.3 Å². The van der Waals surface area contributed by atoms with Crippen molar-refractivity contribution in [1.82, 2.24) is 0 Å². The third kappa shape index (κ3) is 3.00. The van der Waals surface area contributed by atoms with Gasteiger partial charge in [-0.05, 0) is 30.5 Å². The molecule has 0 radical (unpaired) electrons. The number of rotatable bonds is 4. The van der Waals surface area contributed by atoms with Gasteiger partial charge in [-0.25, -0.2) is 0 Å². The highest BCUT2D eigenvalue weighted by molar-refractivity contribution is 5.37. The van der Waals surface area contributed by atoms with E-state index in [9.17, 15) is 0 Å². The highest BCUT2D eigenvalue weighted by Gasteiger charge is 2.07. The standard InChI is InChI=1S/C13H17NO/c1-4-5-6-12(14)11-7-8-13(15-3)10(2)9-11/h1,7-9,12H,5-6,14H2,2-3H3. The van der Waals surface area contributed by atoms with Crippen molar-refractivity contribution in [3.63, 3.8) is 0 Å². The zero-order chi connectivity index (χ0) is 11.3. The topological polar surface area (TPSA) is 35.2 Å². The first-order valence-electron chi connectivity index (χ1n) is 5.02. The SMILES string of the molecule is C#CCCC(N)c1ccc(OC)c(C)c1. The van der Waals surface area contributed by atoms with Crippen molar-refractivity contribution < 1.29 is 4.74 Å². The van der Waals surface area contributed by atoms with Gasteiger partial charge in [0.15, 0.2) is 0 Å². The van der Waals surface area contributed by atoms with Crippen LogP contribution in [0.4, 0.5) is 0 Å². The maximum absolute atomic E-state index is 6.01. The summed E-state index contributed by atoms with van der Waals surface area (Å²) in [4.78, 5) is 0. The molecular formula is C13H17NO. The van der Waals surface area contributed by atoms with E-state index in [1.807, 2.05) is 19.1 Å². The maximum Gasteiger partial charge on any atom is 0.121 e. The van der Waals surface area contributed by atoms with Crippen LogP contribution in [0.15, 0.2) is 18.2 Å². The fourth-order valence-corrected chi connectivity index (χ4v) is 1.54. The molecule has 0 aliphatic carbocycles. The molecule has 2 heteroatoms. The van der Waals surface area contributed by atoms with E-state index in [0.717, 1.165) is 23.3 Å². The first kappa shape index (κ1) is 11.6. The summed E-state index contributed by atoms with van der Waals surface area (Å²) in [5.74, 6) is 3.49. The van der Waals surface area contributed by atoms with Crippen LogP contribution in [-0.4, -0.2) is 7.11 Å². The van der Waals surface area contributed by atoms with Crippen molar-refractivity contribution in [2.24, 2.45) is 5.73 Å². The molecule has 80 valence electrons. The molecule has 15 heavy (non-hydrogen) atoms. The number of methoxy groups -OCH3 is 1. The molecule has 1 rings (SSSR count). The number of aryl methyl sites for hydroxylation is 1. The van der Waals surface area contributed by atoms with Crippen molar-refractivity contribution in [1.29, 1.82) is 0 Å². The number of benzene rings is 1. The first-order valence-corrected chi connectivity index (χ1v) is 5.02. The average Bonchev–Trinajstić information content (AvgIpc) is 2.25. The quantitative estimate of drug-likeness (QED) is 0.763. The van der Waals surface area contributed by atoms with Crippen LogP contribution in [0.25, 0.3) is 0 Å². The van der Waals surface area contributed by atoms with Crippen molar-refractivity contribution in [3.8, 4) is 18.1 Å². The van der Waals surface area contributed by atoms with Crippen LogP contribution in [0.2, 0.25) is 0 Å². The van der Waals surface area contributed by atoms with Crippen LogP contribution in [0.5, 0.6) is 5.75 Å². The molecule has 2 nitrogen and oxygen atoms in total. The summed E-state index contributed by atoms with van der Waals surface area (Å²) in [5.41, 5.74) is 8.22. The van der Waals surface area contributed by atoms with E-state index in [-0.39, 0.29) is 6.04 Å². The summed E-state index contributed by atoms with van der Waals surface area (Å²) in [6.07, 6.45) is 6.74. The van der Waals surface area contributed by atoms with Gasteiger partial charge >= 0.3 is 0 Å². The minimum Gasteiger partial charge on any atom is -0.496 e. The molecule has 0 heterocycles. The Kier molecular flexibility index (Phi) is 4.20. The predicted octanol–water partition coefficient (Wildman–Crippen LogP) is 2.42. The molecule has 0 spiro atoms. The van der Waals surface area contributed by atoms with Crippen molar-refractivity contribution in [2.45, 2.75) is 25.8 Å². The maximum atomic E-state index is 6.01. The summed E-state index contributed by atoms with van der Waals surface area (Å²) < 4.78 is 5.19. The van der Waals surface area contributed by atoms with Crippen LogP contribution in [0.3, 0.4) is 0 Å². The van der Waals surface area contributed by atoms with Gasteiger partial charge in [0.2, 0.25) is 0 Å². The molecule has 1 aromatic carbocycles. The number of ether oxygens (including phenoxy) is 1. The molecule has 1 unspecified atom stereocenters. The van der Waals surface area contributed by atoms with Crippen LogP contribution in [0, 0.1) is 19.3 Å². The van der Waals surface area contributed by atoms with E-state index in [2.05, 4.69) is 12.0 Å². The van der Waals surface area contributed by atoms with Gasteiger partial charge in [0.25, 0.3) is 0 Å². The third-order valence-electron chi connectivity index (χ3n) is 2.45. The van der Waals surface area contributed by atoms with Crippen LogP contribution in [-0.2, 0) is 0 Å². The second kappa shape index (κ2) is 5.43. The Morgan fingerprint density at radius 2 is 2.27 bits per heavy atom. The van der Waals surface area contributed by atoms with Gasteiger partial charge in [-0.1, -0.05) is 12.1 Å². The largest absolute Gasteiger partial charge is 0.496 e. The third-order valence-corrected chi connectivity index (χ3v) is 2.45. The van der Waals surface area contributed by atoms with Crippen LogP contribution in [0.1, 0.15) is 30.0 Å². The van der Waals surface area contributed by atoms with Gasteiger partial charge in [0.05, 0.1) is 7.11 Å². The van der Waals surface area contributed by atoms with E-state index < -0.39 is 0 Å².